The van der Waals surface area contributed by atoms with Crippen LogP contribution in [0.2, 0.25) is 0 Å². The number of nitrogens with zero attached hydrogens (tertiary/aromatic N) is 2. The first-order valence-electron chi connectivity index (χ1n) is 8.90. The monoisotopic (exact) mass is 330 g/mol. The summed E-state index contributed by atoms with van der Waals surface area (Å²) in [4.78, 5) is 28.8. The molecule has 24 heavy (non-hydrogen) atoms. The van der Waals surface area contributed by atoms with Gasteiger partial charge in [-0.25, -0.2) is 0 Å². The molecule has 0 aliphatic carbocycles. The zero-order chi connectivity index (χ0) is 17.7. The molecule has 1 heterocycles. The Kier molecular flexibility index (Phi) is 6.03. The lowest BCUT2D eigenvalue weighted by molar-refractivity contribution is -0.139. The van der Waals surface area contributed by atoms with Gasteiger partial charge in [-0.2, -0.15) is 0 Å². The van der Waals surface area contributed by atoms with Crippen molar-refractivity contribution in [1.29, 1.82) is 0 Å². The maximum Gasteiger partial charge on any atom is 0.228 e. The van der Waals surface area contributed by atoms with Crippen molar-refractivity contribution in [2.75, 3.05) is 26.2 Å². The third-order valence-electron chi connectivity index (χ3n) is 4.49. The van der Waals surface area contributed by atoms with Gasteiger partial charge in [-0.3, -0.25) is 9.59 Å². The predicted octanol–water partition coefficient (Wildman–Crippen LogP) is 3.03. The Labute approximate surface area is 145 Å². The maximum atomic E-state index is 12.5. The van der Waals surface area contributed by atoms with Crippen LogP contribution >= 0.6 is 0 Å². The highest BCUT2D eigenvalue weighted by Gasteiger charge is 2.29. The lowest BCUT2D eigenvalue weighted by Crippen LogP contribution is -2.42. The summed E-state index contributed by atoms with van der Waals surface area (Å²) in [6, 6.07) is 8.32. The Bertz CT molecular complexity index is 590. The van der Waals surface area contributed by atoms with Crippen LogP contribution in [0.3, 0.4) is 0 Å². The number of hydrogen-bond donors (Lipinski definition) is 0. The molecule has 1 aromatic carbocycles. The first-order chi connectivity index (χ1) is 11.3. The highest BCUT2D eigenvalue weighted by Crippen LogP contribution is 2.19. The number of benzene rings is 1. The van der Waals surface area contributed by atoms with Crippen LogP contribution in [-0.4, -0.2) is 47.8 Å². The van der Waals surface area contributed by atoms with Gasteiger partial charge in [-0.15, -0.1) is 0 Å². The van der Waals surface area contributed by atoms with Gasteiger partial charge in [0.05, 0.1) is 0 Å². The molecule has 0 saturated carbocycles. The molecule has 4 heteroatoms. The first-order valence-corrected chi connectivity index (χ1v) is 8.90. The van der Waals surface area contributed by atoms with Gasteiger partial charge in [0.15, 0.2) is 0 Å². The largest absolute Gasteiger partial charge is 0.341 e. The van der Waals surface area contributed by atoms with Crippen LogP contribution in [0.15, 0.2) is 24.3 Å². The maximum absolute atomic E-state index is 12.5. The highest BCUT2D eigenvalue weighted by molar-refractivity contribution is 5.82. The molecular formula is C20H30N2O2. The second-order valence-electron chi connectivity index (χ2n) is 7.77. The van der Waals surface area contributed by atoms with Crippen LogP contribution in [0, 0.1) is 12.3 Å². The molecule has 1 aromatic rings. The summed E-state index contributed by atoms with van der Waals surface area (Å²) in [6.45, 7) is 10.7. The second-order valence-corrected chi connectivity index (χ2v) is 7.77. The SMILES string of the molecule is Cc1cccc(CCC(=O)N2CCCN(C(=O)C(C)(C)C)CC2)c1. The van der Waals surface area contributed by atoms with E-state index in [2.05, 4.69) is 25.1 Å². The van der Waals surface area contributed by atoms with Gasteiger partial charge in [-0.1, -0.05) is 50.6 Å². The standard InChI is InChI=1S/C20H30N2O2/c1-16-7-5-8-17(15-16)9-10-18(23)21-11-6-12-22(14-13-21)19(24)20(2,3)4/h5,7-8,15H,6,9-14H2,1-4H3. The summed E-state index contributed by atoms with van der Waals surface area (Å²) >= 11 is 0. The van der Waals surface area contributed by atoms with Crippen molar-refractivity contribution in [2.24, 2.45) is 5.41 Å². The summed E-state index contributed by atoms with van der Waals surface area (Å²) < 4.78 is 0. The molecule has 0 unspecified atom stereocenters. The third-order valence-corrected chi connectivity index (χ3v) is 4.49. The van der Waals surface area contributed by atoms with Gasteiger partial charge >= 0.3 is 0 Å². The fourth-order valence-corrected chi connectivity index (χ4v) is 3.12. The van der Waals surface area contributed by atoms with E-state index in [1.165, 1.54) is 11.1 Å². The number of hydrogen-bond acceptors (Lipinski definition) is 2. The Hall–Kier alpha value is -1.84. The average molecular weight is 330 g/mol. The molecule has 1 fully saturated rings. The number of rotatable bonds is 3. The quantitative estimate of drug-likeness (QED) is 0.855. The molecule has 0 radical (unpaired) electrons. The molecule has 2 rings (SSSR count). The minimum atomic E-state index is -0.357. The van der Waals surface area contributed by atoms with E-state index in [1.54, 1.807) is 0 Å². The molecule has 1 saturated heterocycles. The molecule has 0 bridgehead atoms. The molecule has 1 aliphatic rings. The number of carbonyl (C=O) groups is 2. The van der Waals surface area contributed by atoms with Gasteiger partial charge in [0.25, 0.3) is 0 Å². The van der Waals surface area contributed by atoms with E-state index in [-0.39, 0.29) is 17.2 Å². The van der Waals surface area contributed by atoms with Crippen LogP contribution in [0.1, 0.15) is 44.7 Å². The minimum absolute atomic E-state index is 0.177. The summed E-state index contributed by atoms with van der Waals surface area (Å²) in [7, 11) is 0. The van der Waals surface area contributed by atoms with Gasteiger partial charge in [-0.05, 0) is 25.3 Å². The lowest BCUT2D eigenvalue weighted by atomic mass is 9.94. The molecule has 0 aromatic heterocycles. The van der Waals surface area contributed by atoms with Crippen LogP contribution in [-0.2, 0) is 16.0 Å². The van der Waals surface area contributed by atoms with Gasteiger partial charge in [0, 0.05) is 38.0 Å². The molecular weight excluding hydrogens is 300 g/mol. The fourth-order valence-electron chi connectivity index (χ4n) is 3.12. The van der Waals surface area contributed by atoms with Crippen molar-refractivity contribution < 1.29 is 9.59 Å². The van der Waals surface area contributed by atoms with E-state index in [0.29, 0.717) is 19.5 Å². The van der Waals surface area contributed by atoms with Crippen molar-refractivity contribution in [3.8, 4) is 0 Å². The normalized spacial score (nSPS) is 16.0. The molecule has 0 atom stereocenters. The summed E-state index contributed by atoms with van der Waals surface area (Å²) in [5.41, 5.74) is 2.08. The lowest BCUT2D eigenvalue weighted by Gasteiger charge is -2.28. The van der Waals surface area contributed by atoms with Crippen LogP contribution < -0.4 is 0 Å². The first kappa shape index (κ1) is 18.5. The Morgan fingerprint density at radius 2 is 1.71 bits per heavy atom. The van der Waals surface area contributed by atoms with Crippen molar-refractivity contribution in [1.82, 2.24) is 9.80 Å². The topological polar surface area (TPSA) is 40.6 Å². The van der Waals surface area contributed by atoms with Crippen molar-refractivity contribution >= 4 is 11.8 Å². The van der Waals surface area contributed by atoms with Gasteiger partial charge in [0.2, 0.25) is 11.8 Å². The highest BCUT2D eigenvalue weighted by atomic mass is 16.2. The average Bonchev–Trinajstić information content (AvgIpc) is 2.77. The summed E-state index contributed by atoms with van der Waals surface area (Å²) in [5, 5.41) is 0. The Morgan fingerprint density at radius 1 is 1.04 bits per heavy atom. The van der Waals surface area contributed by atoms with Crippen molar-refractivity contribution in [3.05, 3.63) is 35.4 Å². The molecule has 2 amide bonds. The fraction of sp³-hybridized carbons (Fsp3) is 0.600. The second kappa shape index (κ2) is 7.82. The van der Waals surface area contributed by atoms with Gasteiger partial charge in [0.1, 0.15) is 0 Å². The third kappa shape index (κ3) is 5.08. The van der Waals surface area contributed by atoms with Crippen molar-refractivity contribution in [2.45, 2.75) is 47.0 Å². The Balaban J connectivity index is 1.86. The van der Waals surface area contributed by atoms with E-state index in [1.807, 2.05) is 36.6 Å². The zero-order valence-electron chi connectivity index (χ0n) is 15.5. The predicted molar refractivity (Wildman–Crippen MR) is 96.7 cm³/mol. The minimum Gasteiger partial charge on any atom is -0.341 e. The van der Waals surface area contributed by atoms with Crippen LogP contribution in [0.4, 0.5) is 0 Å². The van der Waals surface area contributed by atoms with Crippen LogP contribution in [0.5, 0.6) is 0 Å². The van der Waals surface area contributed by atoms with E-state index in [4.69, 9.17) is 0 Å². The van der Waals surface area contributed by atoms with E-state index >= 15 is 0 Å². The zero-order valence-corrected chi connectivity index (χ0v) is 15.5. The van der Waals surface area contributed by atoms with Crippen LogP contribution in [0.25, 0.3) is 0 Å². The van der Waals surface area contributed by atoms with Crippen molar-refractivity contribution in [3.63, 3.8) is 0 Å². The number of amides is 2. The summed E-state index contributed by atoms with van der Waals surface area (Å²) in [6.07, 6.45) is 2.18. The molecule has 0 N–H and O–H groups in total. The number of carbonyl (C=O) groups excluding carboxylic acids is 2. The van der Waals surface area contributed by atoms with E-state index in [9.17, 15) is 9.59 Å². The molecule has 1 aliphatic heterocycles. The molecule has 0 spiro atoms. The van der Waals surface area contributed by atoms with Gasteiger partial charge < -0.3 is 9.80 Å². The molecule has 132 valence electrons. The molecule has 4 nitrogen and oxygen atoms in total. The number of aryl methyl sites for hydroxylation is 2. The Morgan fingerprint density at radius 3 is 2.38 bits per heavy atom. The summed E-state index contributed by atoms with van der Waals surface area (Å²) in [5.74, 6) is 0.373. The smallest absolute Gasteiger partial charge is 0.228 e. The van der Waals surface area contributed by atoms with E-state index in [0.717, 1.165) is 25.9 Å². The van der Waals surface area contributed by atoms with E-state index < -0.39 is 0 Å².